The van der Waals surface area contributed by atoms with Crippen molar-refractivity contribution in [2.75, 3.05) is 31.5 Å². The molecule has 0 atom stereocenters. The third-order valence-electron chi connectivity index (χ3n) is 6.80. The molecular formula is C28H30N6O3. The highest BCUT2D eigenvalue weighted by atomic mass is 16.6. The second-order valence-electron chi connectivity index (χ2n) is 9.28. The number of nitrogens with one attached hydrogen (secondary N) is 1. The fourth-order valence-electron chi connectivity index (χ4n) is 4.84. The molecule has 4 aromatic rings. The van der Waals surface area contributed by atoms with Crippen LogP contribution in [-0.4, -0.2) is 56.4 Å². The standard InChI is InChI=1S/C28H30N6O3/c1-2-33-26-12-11-23(29-28(35)22-9-6-10-24(17-22)34(36)37)18-25(26)30-27(33)20-32-15-13-31(14-16-32)19-21-7-4-3-5-8-21/h3-12,17-18H,2,13-16,19-20H2,1H3,(H,29,35). The van der Waals surface area contributed by atoms with E-state index in [0.29, 0.717) is 5.69 Å². The topological polar surface area (TPSA) is 96.5 Å². The highest BCUT2D eigenvalue weighted by Crippen LogP contribution is 2.23. The number of aromatic nitrogens is 2. The summed E-state index contributed by atoms with van der Waals surface area (Å²) in [7, 11) is 0. The molecule has 1 N–H and O–H groups in total. The first-order chi connectivity index (χ1) is 18.0. The van der Waals surface area contributed by atoms with Gasteiger partial charge in [0.15, 0.2) is 0 Å². The maximum Gasteiger partial charge on any atom is 0.270 e. The van der Waals surface area contributed by atoms with Gasteiger partial charge in [0.2, 0.25) is 0 Å². The summed E-state index contributed by atoms with van der Waals surface area (Å²) in [5.41, 5.74) is 3.91. The molecule has 9 heteroatoms. The second-order valence-corrected chi connectivity index (χ2v) is 9.28. The van der Waals surface area contributed by atoms with Gasteiger partial charge in [0.25, 0.3) is 11.6 Å². The number of non-ortho nitro benzene ring substituents is 1. The van der Waals surface area contributed by atoms with Gasteiger partial charge in [-0.1, -0.05) is 36.4 Å². The van der Waals surface area contributed by atoms with Crippen LogP contribution in [0.4, 0.5) is 11.4 Å². The Morgan fingerprint density at radius 2 is 1.68 bits per heavy atom. The number of piperazine rings is 1. The number of aryl methyl sites for hydroxylation is 1. The average Bonchev–Trinajstić information content (AvgIpc) is 3.26. The van der Waals surface area contributed by atoms with E-state index in [9.17, 15) is 14.9 Å². The summed E-state index contributed by atoms with van der Waals surface area (Å²) in [6.07, 6.45) is 0. The van der Waals surface area contributed by atoms with E-state index >= 15 is 0 Å². The van der Waals surface area contributed by atoms with Crippen LogP contribution < -0.4 is 5.32 Å². The Morgan fingerprint density at radius 3 is 2.38 bits per heavy atom. The van der Waals surface area contributed by atoms with Crippen molar-refractivity contribution in [1.29, 1.82) is 0 Å². The van der Waals surface area contributed by atoms with Crippen molar-refractivity contribution in [2.45, 2.75) is 26.6 Å². The smallest absolute Gasteiger partial charge is 0.270 e. The molecule has 2 heterocycles. The lowest BCUT2D eigenvalue weighted by Crippen LogP contribution is -2.45. The zero-order chi connectivity index (χ0) is 25.8. The SMILES string of the molecule is CCn1c(CN2CCN(Cc3ccccc3)CC2)nc2cc(NC(=O)c3cccc([N+](=O)[O-])c3)ccc21. The number of imidazole rings is 1. The molecule has 0 bridgehead atoms. The monoisotopic (exact) mass is 498 g/mol. The number of rotatable bonds is 8. The highest BCUT2D eigenvalue weighted by Gasteiger charge is 2.20. The molecule has 190 valence electrons. The summed E-state index contributed by atoms with van der Waals surface area (Å²) < 4.78 is 2.22. The highest BCUT2D eigenvalue weighted by molar-refractivity contribution is 6.05. The molecule has 0 saturated carbocycles. The second kappa shape index (κ2) is 10.9. The van der Waals surface area contributed by atoms with Gasteiger partial charge >= 0.3 is 0 Å². The molecule has 0 aliphatic carbocycles. The first-order valence-corrected chi connectivity index (χ1v) is 12.5. The predicted octanol–water partition coefficient (Wildman–Crippen LogP) is 4.53. The number of carbonyl (C=O) groups excluding carboxylic acids is 1. The van der Waals surface area contributed by atoms with Gasteiger partial charge in [-0.3, -0.25) is 24.7 Å². The fraction of sp³-hybridized carbons (Fsp3) is 0.286. The number of nitrogens with zero attached hydrogens (tertiary/aromatic N) is 5. The molecule has 9 nitrogen and oxygen atoms in total. The molecule has 5 rings (SSSR count). The van der Waals surface area contributed by atoms with Gasteiger partial charge in [-0.15, -0.1) is 0 Å². The molecule has 0 unspecified atom stereocenters. The van der Waals surface area contributed by atoms with E-state index in [1.807, 2.05) is 18.2 Å². The molecule has 1 aliphatic rings. The number of fused-ring (bicyclic) bond motifs is 1. The molecule has 1 aromatic heterocycles. The van der Waals surface area contributed by atoms with E-state index in [4.69, 9.17) is 4.98 Å². The number of hydrogen-bond acceptors (Lipinski definition) is 6. The number of nitro benzene ring substituents is 1. The van der Waals surface area contributed by atoms with Gasteiger partial charge in [-0.2, -0.15) is 0 Å². The lowest BCUT2D eigenvalue weighted by atomic mass is 10.2. The minimum Gasteiger partial charge on any atom is -0.327 e. The molecule has 0 radical (unpaired) electrons. The third kappa shape index (κ3) is 5.68. The Kier molecular flexibility index (Phi) is 7.25. The summed E-state index contributed by atoms with van der Waals surface area (Å²) in [6, 6.07) is 22.0. The minimum absolute atomic E-state index is 0.115. The van der Waals surface area contributed by atoms with Crippen LogP contribution in [0.1, 0.15) is 28.7 Å². The van der Waals surface area contributed by atoms with Crippen molar-refractivity contribution in [3.63, 3.8) is 0 Å². The van der Waals surface area contributed by atoms with Crippen molar-refractivity contribution in [2.24, 2.45) is 0 Å². The van der Waals surface area contributed by atoms with E-state index in [1.165, 1.54) is 23.8 Å². The number of carbonyl (C=O) groups is 1. The van der Waals surface area contributed by atoms with Crippen LogP contribution in [0.25, 0.3) is 11.0 Å². The van der Waals surface area contributed by atoms with Gasteiger partial charge in [-0.05, 0) is 36.8 Å². The summed E-state index contributed by atoms with van der Waals surface area (Å²) >= 11 is 0. The maximum absolute atomic E-state index is 12.7. The van der Waals surface area contributed by atoms with Crippen LogP contribution in [0.15, 0.2) is 72.8 Å². The van der Waals surface area contributed by atoms with Gasteiger partial charge in [-0.25, -0.2) is 4.98 Å². The Balaban J connectivity index is 1.25. The fourth-order valence-corrected chi connectivity index (χ4v) is 4.84. The Hall–Kier alpha value is -4.08. The van der Waals surface area contributed by atoms with Gasteiger partial charge in [0.1, 0.15) is 5.82 Å². The van der Waals surface area contributed by atoms with Crippen LogP contribution >= 0.6 is 0 Å². The molecular weight excluding hydrogens is 468 g/mol. The van der Waals surface area contributed by atoms with E-state index in [-0.39, 0.29) is 11.3 Å². The largest absolute Gasteiger partial charge is 0.327 e. The van der Waals surface area contributed by atoms with Gasteiger partial charge in [0, 0.05) is 62.7 Å². The van der Waals surface area contributed by atoms with Crippen molar-refractivity contribution in [3.05, 3.63) is 99.9 Å². The summed E-state index contributed by atoms with van der Waals surface area (Å²) in [6.45, 7) is 8.70. The van der Waals surface area contributed by atoms with Crippen molar-refractivity contribution in [1.82, 2.24) is 19.4 Å². The molecule has 1 aliphatic heterocycles. The van der Waals surface area contributed by atoms with Crippen LogP contribution in [-0.2, 0) is 19.6 Å². The van der Waals surface area contributed by atoms with E-state index in [1.54, 1.807) is 6.07 Å². The zero-order valence-corrected chi connectivity index (χ0v) is 20.8. The third-order valence-corrected chi connectivity index (χ3v) is 6.80. The molecule has 1 amide bonds. The van der Waals surface area contributed by atoms with E-state index in [0.717, 1.165) is 62.7 Å². The van der Waals surface area contributed by atoms with Crippen LogP contribution in [0.2, 0.25) is 0 Å². The van der Waals surface area contributed by atoms with Gasteiger partial charge < -0.3 is 9.88 Å². The number of amides is 1. The summed E-state index contributed by atoms with van der Waals surface area (Å²) in [5.74, 6) is 0.614. The van der Waals surface area contributed by atoms with Crippen LogP contribution in [0.3, 0.4) is 0 Å². The predicted molar refractivity (Wildman–Crippen MR) is 143 cm³/mol. The molecule has 1 saturated heterocycles. The summed E-state index contributed by atoms with van der Waals surface area (Å²) in [4.78, 5) is 33.1. The normalized spacial score (nSPS) is 14.6. The van der Waals surface area contributed by atoms with E-state index < -0.39 is 10.8 Å². The lowest BCUT2D eigenvalue weighted by molar-refractivity contribution is -0.384. The Bertz CT molecular complexity index is 1410. The number of benzene rings is 3. The maximum atomic E-state index is 12.7. The minimum atomic E-state index is -0.509. The first kappa shape index (κ1) is 24.6. The van der Waals surface area contributed by atoms with Crippen LogP contribution in [0, 0.1) is 10.1 Å². The van der Waals surface area contributed by atoms with Crippen LogP contribution in [0.5, 0.6) is 0 Å². The van der Waals surface area contributed by atoms with Crippen molar-refractivity contribution < 1.29 is 9.72 Å². The summed E-state index contributed by atoms with van der Waals surface area (Å²) in [5, 5.41) is 13.9. The molecule has 1 fully saturated rings. The quantitative estimate of drug-likeness (QED) is 0.283. The lowest BCUT2D eigenvalue weighted by Gasteiger charge is -2.34. The number of anilines is 1. The Morgan fingerprint density at radius 1 is 0.946 bits per heavy atom. The van der Waals surface area contributed by atoms with Gasteiger partial charge in [0.05, 0.1) is 22.5 Å². The molecule has 3 aromatic carbocycles. The van der Waals surface area contributed by atoms with Crippen molar-refractivity contribution >= 4 is 28.3 Å². The average molecular weight is 499 g/mol. The first-order valence-electron chi connectivity index (χ1n) is 12.5. The van der Waals surface area contributed by atoms with Crippen molar-refractivity contribution in [3.8, 4) is 0 Å². The number of hydrogen-bond donors (Lipinski definition) is 1. The zero-order valence-electron chi connectivity index (χ0n) is 20.8. The molecule has 0 spiro atoms. The Labute approximate surface area is 215 Å². The number of nitro groups is 1. The van der Waals surface area contributed by atoms with E-state index in [2.05, 4.69) is 56.9 Å². The molecule has 37 heavy (non-hydrogen) atoms.